The minimum atomic E-state index is 0.601. The molecule has 1 aromatic carbocycles. The summed E-state index contributed by atoms with van der Waals surface area (Å²) in [6.45, 7) is 1.36. The summed E-state index contributed by atoms with van der Waals surface area (Å²) >= 11 is 0. The largest absolute Gasteiger partial charge is 0.306 e. The third-order valence-electron chi connectivity index (χ3n) is 2.90. The van der Waals surface area contributed by atoms with E-state index in [1.165, 1.54) is 5.56 Å². The molecule has 1 N–H and O–H groups in total. The van der Waals surface area contributed by atoms with E-state index in [9.17, 15) is 0 Å². The van der Waals surface area contributed by atoms with Crippen molar-refractivity contribution in [1.82, 2.24) is 30.5 Å². The Balaban J connectivity index is 1.66. The molecule has 0 unspecified atom stereocenters. The number of pyridine rings is 1. The van der Waals surface area contributed by atoms with Gasteiger partial charge >= 0.3 is 0 Å². The number of tetrazole rings is 1. The van der Waals surface area contributed by atoms with Gasteiger partial charge in [-0.2, -0.15) is 4.68 Å². The lowest BCUT2D eigenvalue weighted by Gasteiger charge is -2.06. The van der Waals surface area contributed by atoms with Crippen LogP contribution < -0.4 is 5.32 Å². The molecule has 0 amide bonds. The van der Waals surface area contributed by atoms with E-state index in [2.05, 4.69) is 25.8 Å². The average molecular weight is 266 g/mol. The van der Waals surface area contributed by atoms with E-state index in [1.807, 2.05) is 42.5 Å². The van der Waals surface area contributed by atoms with Crippen molar-refractivity contribution >= 4 is 0 Å². The lowest BCUT2D eigenvalue weighted by atomic mass is 10.3. The van der Waals surface area contributed by atoms with Crippen LogP contribution in [0.2, 0.25) is 0 Å². The third kappa shape index (κ3) is 2.86. The van der Waals surface area contributed by atoms with Gasteiger partial charge in [-0.3, -0.25) is 4.98 Å². The number of rotatable bonds is 5. The molecule has 0 saturated carbocycles. The van der Waals surface area contributed by atoms with Crippen LogP contribution in [-0.4, -0.2) is 25.2 Å². The molecule has 100 valence electrons. The standard InChI is InChI=1S/C14H14N6/c1-2-4-13(5-3-1)20-14(17-18-19-20)11-16-10-12-6-8-15-9-7-12/h1-9,16H,10-11H2. The van der Waals surface area contributed by atoms with Crippen molar-refractivity contribution in [3.63, 3.8) is 0 Å². The van der Waals surface area contributed by atoms with Gasteiger partial charge in [-0.1, -0.05) is 18.2 Å². The fourth-order valence-corrected chi connectivity index (χ4v) is 1.90. The Morgan fingerprint density at radius 3 is 2.55 bits per heavy atom. The van der Waals surface area contributed by atoms with Gasteiger partial charge in [0.25, 0.3) is 0 Å². The van der Waals surface area contributed by atoms with Crippen molar-refractivity contribution in [2.24, 2.45) is 0 Å². The van der Waals surface area contributed by atoms with Crippen LogP contribution in [0.3, 0.4) is 0 Å². The maximum atomic E-state index is 4.05. The number of para-hydroxylation sites is 1. The molecule has 0 aliphatic heterocycles. The summed E-state index contributed by atoms with van der Waals surface area (Å²) < 4.78 is 1.74. The fraction of sp³-hybridized carbons (Fsp3) is 0.143. The zero-order valence-electron chi connectivity index (χ0n) is 10.8. The molecule has 0 aliphatic rings. The van der Waals surface area contributed by atoms with Gasteiger partial charge < -0.3 is 5.32 Å². The lowest BCUT2D eigenvalue weighted by molar-refractivity contribution is 0.641. The van der Waals surface area contributed by atoms with Crippen LogP contribution >= 0.6 is 0 Å². The van der Waals surface area contributed by atoms with Gasteiger partial charge in [0.05, 0.1) is 12.2 Å². The van der Waals surface area contributed by atoms with E-state index in [1.54, 1.807) is 17.1 Å². The zero-order chi connectivity index (χ0) is 13.6. The smallest absolute Gasteiger partial charge is 0.170 e. The summed E-state index contributed by atoms with van der Waals surface area (Å²) in [5.41, 5.74) is 2.14. The van der Waals surface area contributed by atoms with Crippen molar-refractivity contribution in [2.75, 3.05) is 0 Å². The van der Waals surface area contributed by atoms with Crippen molar-refractivity contribution in [1.29, 1.82) is 0 Å². The van der Waals surface area contributed by atoms with Gasteiger partial charge in [0.15, 0.2) is 5.82 Å². The van der Waals surface area contributed by atoms with Crippen LogP contribution in [0, 0.1) is 0 Å². The minimum Gasteiger partial charge on any atom is -0.306 e. The molecule has 0 atom stereocenters. The second kappa shape index (κ2) is 6.03. The highest BCUT2D eigenvalue weighted by Crippen LogP contribution is 2.06. The van der Waals surface area contributed by atoms with Crippen LogP contribution in [-0.2, 0) is 13.1 Å². The molecule has 2 heterocycles. The second-order valence-corrected chi connectivity index (χ2v) is 4.30. The summed E-state index contributed by atoms with van der Waals surface area (Å²) in [7, 11) is 0. The van der Waals surface area contributed by atoms with Gasteiger partial charge in [0, 0.05) is 18.9 Å². The quantitative estimate of drug-likeness (QED) is 0.755. The van der Waals surface area contributed by atoms with Crippen molar-refractivity contribution < 1.29 is 0 Å². The van der Waals surface area contributed by atoms with E-state index in [-0.39, 0.29) is 0 Å². The summed E-state index contributed by atoms with van der Waals surface area (Å²) in [5, 5.41) is 15.1. The highest BCUT2D eigenvalue weighted by Gasteiger charge is 2.06. The Bertz CT molecular complexity index is 650. The zero-order valence-corrected chi connectivity index (χ0v) is 10.8. The van der Waals surface area contributed by atoms with Gasteiger partial charge in [-0.15, -0.1) is 5.10 Å². The summed E-state index contributed by atoms with van der Waals surface area (Å²) in [5.74, 6) is 0.783. The van der Waals surface area contributed by atoms with Crippen LogP contribution in [0.25, 0.3) is 5.69 Å². The monoisotopic (exact) mass is 266 g/mol. The Morgan fingerprint density at radius 1 is 0.950 bits per heavy atom. The van der Waals surface area contributed by atoms with E-state index in [0.717, 1.165) is 18.1 Å². The molecule has 0 saturated heterocycles. The molecular weight excluding hydrogens is 252 g/mol. The van der Waals surface area contributed by atoms with E-state index < -0.39 is 0 Å². The Kier molecular flexibility index (Phi) is 3.75. The van der Waals surface area contributed by atoms with Gasteiger partial charge in [-0.05, 0) is 40.3 Å². The van der Waals surface area contributed by atoms with Crippen molar-refractivity contribution in [3.05, 3.63) is 66.2 Å². The lowest BCUT2D eigenvalue weighted by Crippen LogP contribution is -2.16. The van der Waals surface area contributed by atoms with Crippen LogP contribution in [0.4, 0.5) is 0 Å². The first-order valence-electron chi connectivity index (χ1n) is 6.36. The molecule has 0 bridgehead atoms. The first kappa shape index (κ1) is 12.4. The predicted octanol–water partition coefficient (Wildman–Crippen LogP) is 1.35. The number of hydrogen-bond donors (Lipinski definition) is 1. The molecule has 0 fully saturated rings. The number of nitrogens with zero attached hydrogens (tertiary/aromatic N) is 5. The summed E-state index contributed by atoms with van der Waals surface area (Å²) in [4.78, 5) is 3.99. The normalized spacial score (nSPS) is 10.6. The highest BCUT2D eigenvalue weighted by molar-refractivity contribution is 5.30. The Labute approximate surface area is 116 Å². The van der Waals surface area contributed by atoms with Crippen molar-refractivity contribution in [3.8, 4) is 5.69 Å². The first-order valence-corrected chi connectivity index (χ1v) is 6.36. The Hall–Kier alpha value is -2.60. The van der Waals surface area contributed by atoms with Gasteiger partial charge in [0.2, 0.25) is 0 Å². The van der Waals surface area contributed by atoms with E-state index in [0.29, 0.717) is 6.54 Å². The molecule has 0 aliphatic carbocycles. The van der Waals surface area contributed by atoms with Gasteiger partial charge in [0.1, 0.15) is 0 Å². The van der Waals surface area contributed by atoms with E-state index in [4.69, 9.17) is 0 Å². The molecule has 3 aromatic rings. The molecule has 0 radical (unpaired) electrons. The summed E-state index contributed by atoms with van der Waals surface area (Å²) in [6, 6.07) is 13.8. The maximum absolute atomic E-state index is 4.05. The molecular formula is C14H14N6. The number of benzene rings is 1. The predicted molar refractivity (Wildman–Crippen MR) is 73.9 cm³/mol. The molecule has 6 heteroatoms. The highest BCUT2D eigenvalue weighted by atomic mass is 15.5. The van der Waals surface area contributed by atoms with Crippen LogP contribution in [0.15, 0.2) is 54.9 Å². The molecule has 6 nitrogen and oxygen atoms in total. The van der Waals surface area contributed by atoms with Crippen molar-refractivity contribution in [2.45, 2.75) is 13.1 Å². The van der Waals surface area contributed by atoms with E-state index >= 15 is 0 Å². The number of nitrogens with one attached hydrogen (secondary N) is 1. The molecule has 2 aromatic heterocycles. The number of hydrogen-bond acceptors (Lipinski definition) is 5. The van der Waals surface area contributed by atoms with Gasteiger partial charge in [-0.25, -0.2) is 0 Å². The topological polar surface area (TPSA) is 68.5 Å². The fourth-order valence-electron chi connectivity index (χ4n) is 1.90. The average Bonchev–Trinajstić information content (AvgIpc) is 2.98. The van der Waals surface area contributed by atoms with Crippen LogP contribution in [0.5, 0.6) is 0 Å². The first-order chi connectivity index (χ1) is 9.93. The molecule has 20 heavy (non-hydrogen) atoms. The SMILES string of the molecule is c1ccc(-n2nnnc2CNCc2ccncc2)cc1. The Morgan fingerprint density at radius 2 is 1.75 bits per heavy atom. The second-order valence-electron chi connectivity index (χ2n) is 4.30. The minimum absolute atomic E-state index is 0.601. The maximum Gasteiger partial charge on any atom is 0.170 e. The summed E-state index contributed by atoms with van der Waals surface area (Å²) in [6.07, 6.45) is 3.57. The third-order valence-corrected chi connectivity index (χ3v) is 2.90. The number of aromatic nitrogens is 5. The van der Waals surface area contributed by atoms with Crippen LogP contribution in [0.1, 0.15) is 11.4 Å². The molecule has 0 spiro atoms. The molecule has 3 rings (SSSR count).